The van der Waals surface area contributed by atoms with Gasteiger partial charge in [0.05, 0.1) is 5.56 Å². The molecule has 0 atom stereocenters. The van der Waals surface area contributed by atoms with Gasteiger partial charge in [-0.05, 0) is 32.0 Å². The third-order valence-electron chi connectivity index (χ3n) is 6.05. The van der Waals surface area contributed by atoms with Crippen molar-refractivity contribution in [3.05, 3.63) is 68.9 Å². The Bertz CT molecular complexity index is 1540. The highest BCUT2D eigenvalue weighted by Crippen LogP contribution is 2.66. The van der Waals surface area contributed by atoms with E-state index >= 15 is 17.6 Å². The Kier molecular flexibility index (Phi) is 4.77. The molecule has 34 heavy (non-hydrogen) atoms. The molecule has 1 aliphatic rings. The second-order valence-electron chi connectivity index (χ2n) is 8.05. The first-order valence-electron chi connectivity index (χ1n) is 9.94. The van der Waals surface area contributed by atoms with E-state index < -0.39 is 40.4 Å². The fourth-order valence-corrected chi connectivity index (χ4v) is 6.71. The van der Waals surface area contributed by atoms with Crippen molar-refractivity contribution in [3.8, 4) is 0 Å². The van der Waals surface area contributed by atoms with Crippen LogP contribution in [0.3, 0.4) is 0 Å². The number of hydrogen-bond donors (Lipinski definition) is 1. The van der Waals surface area contributed by atoms with E-state index in [1.807, 2.05) is 0 Å². The summed E-state index contributed by atoms with van der Waals surface area (Å²) in [4.78, 5) is 11.6. The first kappa shape index (κ1) is 22.9. The molecule has 0 saturated carbocycles. The quantitative estimate of drug-likeness (QED) is 0.281. The Hall–Kier alpha value is -2.85. The van der Waals surface area contributed by atoms with Crippen molar-refractivity contribution in [1.82, 2.24) is 0 Å². The predicted molar refractivity (Wildman–Crippen MR) is 122 cm³/mol. The average Bonchev–Trinajstić information content (AvgIpc) is 3.28. The molecule has 176 valence electrons. The molecule has 4 aromatic rings. The zero-order valence-electron chi connectivity index (χ0n) is 17.5. The van der Waals surface area contributed by atoms with E-state index in [0.717, 1.165) is 28.7 Å². The number of allylic oxidation sites excluding steroid dienone is 2. The third kappa shape index (κ3) is 2.78. The second-order valence-corrected chi connectivity index (χ2v) is 10.6. The van der Waals surface area contributed by atoms with Crippen molar-refractivity contribution >= 4 is 60.0 Å². The fourth-order valence-electron chi connectivity index (χ4n) is 4.53. The molecular formula is C24H14F6O2S2. The van der Waals surface area contributed by atoms with Crippen LogP contribution in [-0.2, 0) is 0 Å². The van der Waals surface area contributed by atoms with Gasteiger partial charge in [-0.15, -0.1) is 22.7 Å². The number of hydrogen-bond acceptors (Lipinski definition) is 3. The number of benzene rings is 2. The summed E-state index contributed by atoms with van der Waals surface area (Å²) in [6, 6.07) is 9.78. The summed E-state index contributed by atoms with van der Waals surface area (Å²) in [6.45, 7) is 2.81. The minimum Gasteiger partial charge on any atom is -0.478 e. The van der Waals surface area contributed by atoms with Gasteiger partial charge < -0.3 is 5.11 Å². The average molecular weight is 512 g/mol. The number of aryl methyl sites for hydroxylation is 2. The molecule has 2 aromatic carbocycles. The molecule has 0 spiro atoms. The zero-order valence-corrected chi connectivity index (χ0v) is 19.1. The maximum Gasteiger partial charge on any atom is 0.380 e. The van der Waals surface area contributed by atoms with Gasteiger partial charge in [0, 0.05) is 52.2 Å². The van der Waals surface area contributed by atoms with Crippen LogP contribution < -0.4 is 0 Å². The van der Waals surface area contributed by atoms with E-state index in [0.29, 0.717) is 4.70 Å². The summed E-state index contributed by atoms with van der Waals surface area (Å²) in [5, 5.41) is 9.44. The minimum atomic E-state index is -5.66. The monoisotopic (exact) mass is 512 g/mol. The summed E-state index contributed by atoms with van der Waals surface area (Å²) in [5.74, 6) is -17.3. The highest BCUT2D eigenvalue weighted by molar-refractivity contribution is 7.19. The van der Waals surface area contributed by atoms with Crippen LogP contribution >= 0.6 is 22.7 Å². The maximum absolute atomic E-state index is 15.4. The van der Waals surface area contributed by atoms with Crippen LogP contribution in [0.5, 0.6) is 0 Å². The SMILES string of the molecule is Cc1sc2ccccc2c1C1=C(c2c(C)sc3cc(C(=O)O)ccc23)C(F)(F)C(F)(F)C1(F)F. The van der Waals surface area contributed by atoms with Crippen LogP contribution in [0.2, 0.25) is 0 Å². The molecule has 0 aliphatic heterocycles. The van der Waals surface area contributed by atoms with Crippen molar-refractivity contribution in [3.63, 3.8) is 0 Å². The van der Waals surface area contributed by atoms with E-state index in [-0.39, 0.29) is 36.4 Å². The Balaban J connectivity index is 1.96. The number of fused-ring (bicyclic) bond motifs is 2. The van der Waals surface area contributed by atoms with Gasteiger partial charge in [0.2, 0.25) is 0 Å². The van der Waals surface area contributed by atoms with Crippen LogP contribution in [0.25, 0.3) is 31.3 Å². The van der Waals surface area contributed by atoms with E-state index in [1.165, 1.54) is 38.1 Å². The van der Waals surface area contributed by atoms with Gasteiger partial charge >= 0.3 is 23.7 Å². The minimum absolute atomic E-state index is 0.0189. The number of alkyl halides is 6. The zero-order chi connectivity index (χ0) is 24.8. The third-order valence-corrected chi connectivity index (χ3v) is 8.21. The molecule has 1 N–H and O–H groups in total. The molecule has 10 heteroatoms. The van der Waals surface area contributed by atoms with Crippen molar-refractivity contribution in [1.29, 1.82) is 0 Å². The Morgan fingerprint density at radius 3 is 1.82 bits per heavy atom. The van der Waals surface area contributed by atoms with Crippen molar-refractivity contribution in [2.24, 2.45) is 0 Å². The van der Waals surface area contributed by atoms with Crippen LogP contribution in [0.4, 0.5) is 26.3 Å². The largest absolute Gasteiger partial charge is 0.478 e. The van der Waals surface area contributed by atoms with Crippen LogP contribution in [0, 0.1) is 13.8 Å². The lowest BCUT2D eigenvalue weighted by Crippen LogP contribution is -2.48. The first-order valence-corrected chi connectivity index (χ1v) is 11.6. The summed E-state index contributed by atoms with van der Waals surface area (Å²) < 4.78 is 91.7. The van der Waals surface area contributed by atoms with Crippen molar-refractivity contribution in [2.75, 3.05) is 0 Å². The lowest BCUT2D eigenvalue weighted by molar-refractivity contribution is -0.254. The smallest absolute Gasteiger partial charge is 0.380 e. The van der Waals surface area contributed by atoms with Gasteiger partial charge in [0.1, 0.15) is 0 Å². The number of aromatic carboxylic acids is 1. The van der Waals surface area contributed by atoms with E-state index in [9.17, 15) is 18.7 Å². The molecular weight excluding hydrogens is 498 g/mol. The molecule has 5 rings (SSSR count). The molecule has 0 saturated heterocycles. The number of rotatable bonds is 3. The molecule has 0 fully saturated rings. The van der Waals surface area contributed by atoms with Gasteiger partial charge in [-0.2, -0.15) is 26.3 Å². The highest BCUT2D eigenvalue weighted by atomic mass is 32.1. The Morgan fingerprint density at radius 1 is 0.765 bits per heavy atom. The van der Waals surface area contributed by atoms with Crippen molar-refractivity contribution < 1.29 is 36.2 Å². The predicted octanol–water partition coefficient (Wildman–Crippen LogP) is 8.26. The van der Waals surface area contributed by atoms with E-state index in [2.05, 4.69) is 0 Å². The number of carboxylic acid groups (broad SMARTS) is 1. The molecule has 1 aliphatic carbocycles. The van der Waals surface area contributed by atoms with E-state index in [1.54, 1.807) is 12.1 Å². The number of thiophene rings is 2. The van der Waals surface area contributed by atoms with Gasteiger partial charge in [0.25, 0.3) is 0 Å². The molecule has 0 bridgehead atoms. The van der Waals surface area contributed by atoms with Crippen LogP contribution in [-0.4, -0.2) is 28.8 Å². The Labute approximate surface area is 196 Å². The topological polar surface area (TPSA) is 37.3 Å². The van der Waals surface area contributed by atoms with Gasteiger partial charge in [-0.3, -0.25) is 0 Å². The van der Waals surface area contributed by atoms with Crippen LogP contribution in [0.1, 0.15) is 31.2 Å². The van der Waals surface area contributed by atoms with Gasteiger partial charge in [0.15, 0.2) is 0 Å². The molecule has 2 nitrogen and oxygen atoms in total. The number of carboxylic acids is 1. The molecule has 2 aromatic heterocycles. The van der Waals surface area contributed by atoms with Gasteiger partial charge in [-0.1, -0.05) is 24.3 Å². The van der Waals surface area contributed by atoms with Gasteiger partial charge in [-0.25, -0.2) is 4.79 Å². The van der Waals surface area contributed by atoms with Crippen LogP contribution in [0.15, 0.2) is 42.5 Å². The lowest BCUT2D eigenvalue weighted by atomic mass is 9.91. The molecule has 0 unspecified atom stereocenters. The summed E-state index contributed by atoms with van der Waals surface area (Å²) >= 11 is 1.95. The standard InChI is InChI=1S/C24H14F6O2S2/c1-10-17(13-5-3-4-6-15(13)33-10)19-20(23(27,28)24(29,30)22(19,25)26)18-11(2)34-16-9-12(21(31)32)7-8-14(16)18/h3-9H,1-2H3,(H,31,32). The van der Waals surface area contributed by atoms with E-state index in [4.69, 9.17) is 0 Å². The summed E-state index contributed by atoms with van der Waals surface area (Å²) in [5.41, 5.74) is -3.67. The normalized spacial score (nSPS) is 18.8. The summed E-state index contributed by atoms with van der Waals surface area (Å²) in [7, 11) is 0. The number of halogens is 6. The van der Waals surface area contributed by atoms with Crippen molar-refractivity contribution in [2.45, 2.75) is 31.6 Å². The number of carbonyl (C=O) groups is 1. The summed E-state index contributed by atoms with van der Waals surface area (Å²) in [6.07, 6.45) is 0. The Morgan fingerprint density at radius 2 is 1.26 bits per heavy atom. The first-order chi connectivity index (χ1) is 15.8. The fraction of sp³-hybridized carbons (Fsp3) is 0.208. The molecule has 2 heterocycles. The highest BCUT2D eigenvalue weighted by Gasteiger charge is 2.80. The molecule has 0 radical (unpaired) electrons. The maximum atomic E-state index is 15.4. The lowest BCUT2D eigenvalue weighted by Gasteiger charge is -2.26. The second kappa shape index (κ2) is 7.08. The molecule has 0 amide bonds.